The van der Waals surface area contributed by atoms with Crippen molar-refractivity contribution in [2.75, 3.05) is 6.26 Å². The molecule has 0 fully saturated rings. The highest BCUT2D eigenvalue weighted by atomic mass is 32.2. The van der Waals surface area contributed by atoms with E-state index in [0.717, 1.165) is 17.9 Å². The van der Waals surface area contributed by atoms with Crippen molar-refractivity contribution in [1.29, 1.82) is 0 Å². The molecule has 7 heteroatoms. The summed E-state index contributed by atoms with van der Waals surface area (Å²) in [5.74, 6) is 0. The summed E-state index contributed by atoms with van der Waals surface area (Å²) in [4.78, 5) is 4.23. The van der Waals surface area contributed by atoms with Crippen LogP contribution in [0.2, 0.25) is 0 Å². The summed E-state index contributed by atoms with van der Waals surface area (Å²) in [6, 6.07) is 18.2. The summed E-state index contributed by atoms with van der Waals surface area (Å²) in [6.07, 6.45) is -1.97. The van der Waals surface area contributed by atoms with Crippen molar-refractivity contribution in [2.24, 2.45) is 0 Å². The average molecular weight is 441 g/mol. The fourth-order valence-corrected chi connectivity index (χ4v) is 4.70. The first-order chi connectivity index (χ1) is 14.6. The molecule has 0 atom stereocenters. The number of hydrogen-bond acceptors (Lipinski definition) is 3. The van der Waals surface area contributed by atoms with E-state index in [-0.39, 0.29) is 10.4 Å². The minimum Gasteiger partial charge on any atom is -0.256 e. The summed E-state index contributed by atoms with van der Waals surface area (Å²) in [5.41, 5.74) is 2.58. The van der Waals surface area contributed by atoms with Crippen molar-refractivity contribution in [3.05, 3.63) is 84.1 Å². The van der Waals surface area contributed by atoms with Crippen molar-refractivity contribution >= 4 is 20.7 Å². The van der Waals surface area contributed by atoms with Gasteiger partial charge in [-0.1, -0.05) is 42.5 Å². The predicted molar refractivity (Wildman–Crippen MR) is 115 cm³/mol. The Bertz CT molecular complexity index is 1410. The van der Waals surface area contributed by atoms with Crippen molar-refractivity contribution in [1.82, 2.24) is 4.98 Å². The number of halogens is 3. The molecule has 3 nitrogen and oxygen atoms in total. The standard InChI is InChI=1S/C24H18F3NO2S/c1-15-9-10-17(14-22(15)31(2,29)30)16-5-3-6-18(13-16)19-11-12-28-23-20(19)7-4-8-21(23)24(25,26)27/h3-14H,1-2H3. The molecule has 158 valence electrons. The predicted octanol–water partition coefficient (Wildman–Crippen LogP) is 6.30. The second-order valence-corrected chi connectivity index (χ2v) is 9.38. The van der Waals surface area contributed by atoms with Crippen LogP contribution < -0.4 is 0 Å². The second kappa shape index (κ2) is 7.50. The fourth-order valence-electron chi connectivity index (χ4n) is 3.70. The molecule has 0 aliphatic carbocycles. The van der Waals surface area contributed by atoms with Crippen LogP contribution in [0.25, 0.3) is 33.2 Å². The van der Waals surface area contributed by atoms with Crippen LogP contribution in [0.3, 0.4) is 0 Å². The van der Waals surface area contributed by atoms with Gasteiger partial charge in [-0.05, 0) is 59.0 Å². The van der Waals surface area contributed by atoms with Gasteiger partial charge in [0.2, 0.25) is 0 Å². The minimum atomic E-state index is -4.50. The molecule has 0 N–H and O–H groups in total. The Morgan fingerprint density at radius 3 is 2.23 bits per heavy atom. The minimum absolute atomic E-state index is 0.104. The lowest BCUT2D eigenvalue weighted by Gasteiger charge is -2.13. The molecule has 4 rings (SSSR count). The van der Waals surface area contributed by atoms with E-state index in [1.165, 1.54) is 12.3 Å². The van der Waals surface area contributed by atoms with Crippen LogP contribution >= 0.6 is 0 Å². The van der Waals surface area contributed by atoms with Crippen molar-refractivity contribution in [2.45, 2.75) is 18.0 Å². The number of alkyl halides is 3. The van der Waals surface area contributed by atoms with E-state index in [2.05, 4.69) is 4.98 Å². The Morgan fingerprint density at radius 2 is 1.52 bits per heavy atom. The van der Waals surface area contributed by atoms with Gasteiger partial charge in [0.15, 0.2) is 9.84 Å². The normalized spacial score (nSPS) is 12.3. The molecule has 31 heavy (non-hydrogen) atoms. The third-order valence-electron chi connectivity index (χ3n) is 5.17. The summed E-state index contributed by atoms with van der Waals surface area (Å²) in [6.45, 7) is 1.73. The highest BCUT2D eigenvalue weighted by molar-refractivity contribution is 7.90. The van der Waals surface area contributed by atoms with Crippen LogP contribution in [0.4, 0.5) is 13.2 Å². The summed E-state index contributed by atoms with van der Waals surface area (Å²) in [5, 5.41) is 0.398. The van der Waals surface area contributed by atoms with E-state index in [0.29, 0.717) is 27.6 Å². The summed E-state index contributed by atoms with van der Waals surface area (Å²) in [7, 11) is -3.39. The van der Waals surface area contributed by atoms with Crippen molar-refractivity contribution < 1.29 is 21.6 Å². The summed E-state index contributed by atoms with van der Waals surface area (Å²) >= 11 is 0. The number of aryl methyl sites for hydroxylation is 1. The lowest BCUT2D eigenvalue weighted by molar-refractivity contribution is -0.136. The number of rotatable bonds is 3. The maximum atomic E-state index is 13.4. The first-order valence-electron chi connectivity index (χ1n) is 9.42. The molecular weight excluding hydrogens is 423 g/mol. The smallest absolute Gasteiger partial charge is 0.256 e. The Hall–Kier alpha value is -3.19. The molecule has 0 bridgehead atoms. The summed E-state index contributed by atoms with van der Waals surface area (Å²) < 4.78 is 64.4. The zero-order valence-electron chi connectivity index (χ0n) is 16.7. The van der Waals surface area contributed by atoms with Crippen LogP contribution in [0.5, 0.6) is 0 Å². The second-order valence-electron chi connectivity index (χ2n) is 7.39. The van der Waals surface area contributed by atoms with E-state index in [1.807, 2.05) is 24.3 Å². The van der Waals surface area contributed by atoms with Gasteiger partial charge >= 0.3 is 6.18 Å². The van der Waals surface area contributed by atoms with Crippen molar-refractivity contribution in [3.63, 3.8) is 0 Å². The number of aromatic nitrogens is 1. The van der Waals surface area contributed by atoms with Crippen molar-refractivity contribution in [3.8, 4) is 22.3 Å². The van der Waals surface area contributed by atoms with Gasteiger partial charge in [-0.25, -0.2) is 8.42 Å². The first-order valence-corrected chi connectivity index (χ1v) is 11.3. The highest BCUT2D eigenvalue weighted by Crippen LogP contribution is 2.37. The number of fused-ring (bicyclic) bond motifs is 1. The number of pyridine rings is 1. The maximum absolute atomic E-state index is 13.4. The molecule has 0 amide bonds. The lowest BCUT2D eigenvalue weighted by atomic mass is 9.95. The Balaban J connectivity index is 1.88. The quantitative estimate of drug-likeness (QED) is 0.375. The molecule has 0 saturated heterocycles. The molecule has 4 aromatic rings. The largest absolute Gasteiger partial charge is 0.418 e. The van der Waals surface area contributed by atoms with Crippen LogP contribution in [0.1, 0.15) is 11.1 Å². The third-order valence-corrected chi connectivity index (χ3v) is 6.41. The Morgan fingerprint density at radius 1 is 0.839 bits per heavy atom. The Labute approximate surface area is 178 Å². The van der Waals surface area contributed by atoms with E-state index in [9.17, 15) is 21.6 Å². The lowest BCUT2D eigenvalue weighted by Crippen LogP contribution is -2.06. The molecule has 1 aromatic heterocycles. The molecule has 0 radical (unpaired) electrons. The maximum Gasteiger partial charge on any atom is 0.418 e. The fraction of sp³-hybridized carbons (Fsp3) is 0.125. The van der Waals surface area contributed by atoms with E-state index < -0.39 is 21.6 Å². The van der Waals surface area contributed by atoms with Gasteiger partial charge in [-0.3, -0.25) is 4.98 Å². The van der Waals surface area contributed by atoms with Gasteiger partial charge in [0.1, 0.15) is 0 Å². The third kappa shape index (κ3) is 4.05. The molecular formula is C24H18F3NO2S. The molecule has 0 saturated carbocycles. The van der Waals surface area contributed by atoms with Gasteiger partial charge in [-0.15, -0.1) is 0 Å². The molecule has 1 heterocycles. The SMILES string of the molecule is Cc1ccc(-c2cccc(-c3ccnc4c(C(F)(F)F)cccc34)c2)cc1S(C)(=O)=O. The first kappa shape index (κ1) is 21.1. The van der Waals surface area contributed by atoms with Gasteiger partial charge in [0.05, 0.1) is 16.0 Å². The molecule has 0 spiro atoms. The number of sulfone groups is 1. The van der Waals surface area contributed by atoms with Gasteiger partial charge in [0.25, 0.3) is 0 Å². The topological polar surface area (TPSA) is 47.0 Å². The molecule has 0 aliphatic rings. The average Bonchev–Trinajstić information content (AvgIpc) is 2.72. The number of benzene rings is 3. The van der Waals surface area contributed by atoms with E-state index >= 15 is 0 Å². The van der Waals surface area contributed by atoms with Crippen LogP contribution in [-0.4, -0.2) is 19.7 Å². The monoisotopic (exact) mass is 441 g/mol. The van der Waals surface area contributed by atoms with Crippen LogP contribution in [-0.2, 0) is 16.0 Å². The number of nitrogens with zero attached hydrogens (tertiary/aromatic N) is 1. The molecule has 0 aliphatic heterocycles. The zero-order valence-corrected chi connectivity index (χ0v) is 17.6. The van der Waals surface area contributed by atoms with Crippen LogP contribution in [0.15, 0.2) is 77.8 Å². The number of hydrogen-bond donors (Lipinski definition) is 0. The van der Waals surface area contributed by atoms with E-state index in [4.69, 9.17) is 0 Å². The van der Waals surface area contributed by atoms with E-state index in [1.54, 1.807) is 37.3 Å². The Kier molecular flexibility index (Phi) is 5.09. The van der Waals surface area contributed by atoms with Gasteiger partial charge in [-0.2, -0.15) is 13.2 Å². The zero-order chi connectivity index (χ0) is 22.4. The highest BCUT2D eigenvalue weighted by Gasteiger charge is 2.33. The van der Waals surface area contributed by atoms with Gasteiger partial charge < -0.3 is 0 Å². The number of para-hydroxylation sites is 1. The molecule has 0 unspecified atom stereocenters. The van der Waals surface area contributed by atoms with Crippen LogP contribution in [0, 0.1) is 6.92 Å². The molecule has 3 aromatic carbocycles. The van der Waals surface area contributed by atoms with Gasteiger partial charge in [0, 0.05) is 17.8 Å².